The first-order chi connectivity index (χ1) is 8.48. The number of hydrogen-bond acceptors (Lipinski definition) is 2. The third-order valence-corrected chi connectivity index (χ3v) is 3.43. The molecule has 98 valence electrons. The zero-order chi connectivity index (χ0) is 13.2. The fourth-order valence-corrected chi connectivity index (χ4v) is 2.32. The average Bonchev–Trinajstić information content (AvgIpc) is 2.28. The molecule has 0 unspecified atom stereocenters. The molecule has 0 radical (unpaired) electrons. The zero-order valence-electron chi connectivity index (χ0n) is 10.8. The minimum Gasteiger partial charge on any atom is -0.347 e. The molecule has 1 aliphatic rings. The molecular formula is C14H19FN2O. The number of hydrogen-bond donors (Lipinski definition) is 2. The second-order valence-corrected chi connectivity index (χ2v) is 5.28. The molecule has 4 heteroatoms. The third kappa shape index (κ3) is 3.07. The second kappa shape index (κ2) is 5.06. The van der Waals surface area contributed by atoms with E-state index in [4.69, 9.17) is 0 Å². The molecule has 2 rings (SSSR count). The third-order valence-electron chi connectivity index (χ3n) is 3.43. The van der Waals surface area contributed by atoms with Crippen molar-refractivity contribution in [3.8, 4) is 0 Å². The molecular weight excluding hydrogens is 231 g/mol. The second-order valence-electron chi connectivity index (χ2n) is 5.28. The topological polar surface area (TPSA) is 41.1 Å². The molecule has 18 heavy (non-hydrogen) atoms. The van der Waals surface area contributed by atoms with Crippen LogP contribution in [-0.4, -0.2) is 24.5 Å². The van der Waals surface area contributed by atoms with Crippen LogP contribution in [0.2, 0.25) is 0 Å². The molecule has 0 atom stereocenters. The summed E-state index contributed by atoms with van der Waals surface area (Å²) >= 11 is 0. The van der Waals surface area contributed by atoms with E-state index in [0.29, 0.717) is 5.56 Å². The summed E-state index contributed by atoms with van der Waals surface area (Å²) in [7, 11) is 0. The molecule has 1 fully saturated rings. The van der Waals surface area contributed by atoms with Gasteiger partial charge in [0.1, 0.15) is 5.82 Å². The quantitative estimate of drug-likeness (QED) is 0.843. The lowest BCUT2D eigenvalue weighted by Crippen LogP contribution is -2.52. The van der Waals surface area contributed by atoms with Crippen molar-refractivity contribution in [2.45, 2.75) is 32.2 Å². The lowest BCUT2D eigenvalue weighted by atomic mass is 9.90. The van der Waals surface area contributed by atoms with Crippen LogP contribution >= 0.6 is 0 Å². The lowest BCUT2D eigenvalue weighted by Gasteiger charge is -2.35. The van der Waals surface area contributed by atoms with E-state index in [1.807, 2.05) is 6.92 Å². The summed E-state index contributed by atoms with van der Waals surface area (Å²) in [6.45, 7) is 5.63. The summed E-state index contributed by atoms with van der Waals surface area (Å²) in [5.74, 6) is -0.558. The van der Waals surface area contributed by atoms with Gasteiger partial charge in [-0.05, 0) is 63.5 Å². The van der Waals surface area contributed by atoms with Gasteiger partial charge in [0.05, 0.1) is 0 Å². The van der Waals surface area contributed by atoms with Crippen molar-refractivity contribution in [1.29, 1.82) is 0 Å². The van der Waals surface area contributed by atoms with Gasteiger partial charge in [-0.1, -0.05) is 0 Å². The molecule has 1 amide bonds. The van der Waals surface area contributed by atoms with Gasteiger partial charge in [0.15, 0.2) is 0 Å². The van der Waals surface area contributed by atoms with Crippen molar-refractivity contribution >= 4 is 5.91 Å². The van der Waals surface area contributed by atoms with Crippen LogP contribution in [0.5, 0.6) is 0 Å². The standard InChI is InChI=1S/C14H19FN2O/c1-10-7-11(9-12(15)8-10)13(18)17-14(2)3-5-16-6-4-14/h7-9,16H,3-6H2,1-2H3,(H,17,18). The molecule has 0 bridgehead atoms. The zero-order valence-corrected chi connectivity index (χ0v) is 10.8. The molecule has 1 aliphatic heterocycles. The number of carbonyl (C=O) groups excluding carboxylic acids is 1. The van der Waals surface area contributed by atoms with Crippen molar-refractivity contribution in [2.75, 3.05) is 13.1 Å². The highest BCUT2D eigenvalue weighted by Gasteiger charge is 2.28. The predicted molar refractivity (Wildman–Crippen MR) is 69.1 cm³/mol. The molecule has 0 saturated carbocycles. The minimum absolute atomic E-state index is 0.192. The fraction of sp³-hybridized carbons (Fsp3) is 0.500. The normalized spacial score (nSPS) is 18.4. The Labute approximate surface area is 107 Å². The molecule has 0 spiro atoms. The van der Waals surface area contributed by atoms with Gasteiger partial charge in [-0.2, -0.15) is 0 Å². The van der Waals surface area contributed by atoms with Gasteiger partial charge in [-0.3, -0.25) is 4.79 Å². The first-order valence-electron chi connectivity index (χ1n) is 6.29. The number of nitrogens with one attached hydrogen (secondary N) is 2. The monoisotopic (exact) mass is 250 g/mol. The van der Waals surface area contributed by atoms with E-state index in [1.54, 1.807) is 13.0 Å². The average molecular weight is 250 g/mol. The molecule has 1 heterocycles. The summed E-state index contributed by atoms with van der Waals surface area (Å²) < 4.78 is 13.3. The van der Waals surface area contributed by atoms with Gasteiger partial charge in [-0.25, -0.2) is 4.39 Å². The fourth-order valence-electron chi connectivity index (χ4n) is 2.32. The highest BCUT2D eigenvalue weighted by Crippen LogP contribution is 2.18. The highest BCUT2D eigenvalue weighted by atomic mass is 19.1. The Morgan fingerprint density at radius 2 is 2.00 bits per heavy atom. The molecule has 1 aromatic rings. The summed E-state index contributed by atoms with van der Waals surface area (Å²) in [5.41, 5.74) is 0.964. The lowest BCUT2D eigenvalue weighted by molar-refractivity contribution is 0.0887. The Balaban J connectivity index is 2.11. The summed E-state index contributed by atoms with van der Waals surface area (Å²) in [6, 6.07) is 4.42. The Kier molecular flexibility index (Phi) is 3.66. The van der Waals surface area contributed by atoms with E-state index in [1.165, 1.54) is 12.1 Å². The summed E-state index contributed by atoms with van der Waals surface area (Å²) in [4.78, 5) is 12.1. The molecule has 3 nitrogen and oxygen atoms in total. The van der Waals surface area contributed by atoms with Gasteiger partial charge < -0.3 is 10.6 Å². The van der Waals surface area contributed by atoms with Gasteiger partial charge >= 0.3 is 0 Å². The van der Waals surface area contributed by atoms with E-state index in [-0.39, 0.29) is 17.3 Å². The van der Waals surface area contributed by atoms with Crippen LogP contribution in [0.15, 0.2) is 18.2 Å². The number of carbonyl (C=O) groups is 1. The van der Waals surface area contributed by atoms with Crippen molar-refractivity contribution in [1.82, 2.24) is 10.6 Å². The van der Waals surface area contributed by atoms with Crippen LogP contribution in [0, 0.1) is 12.7 Å². The maximum absolute atomic E-state index is 13.3. The van der Waals surface area contributed by atoms with Crippen molar-refractivity contribution in [3.05, 3.63) is 35.1 Å². The van der Waals surface area contributed by atoms with E-state index in [0.717, 1.165) is 31.5 Å². The van der Waals surface area contributed by atoms with Crippen LogP contribution in [0.25, 0.3) is 0 Å². The summed E-state index contributed by atoms with van der Waals surface area (Å²) in [5, 5.41) is 6.28. The minimum atomic E-state index is -0.365. The van der Waals surface area contributed by atoms with Crippen LogP contribution in [0.4, 0.5) is 4.39 Å². The maximum atomic E-state index is 13.3. The predicted octanol–water partition coefficient (Wildman–Crippen LogP) is 2.01. The van der Waals surface area contributed by atoms with E-state index in [2.05, 4.69) is 10.6 Å². The Bertz CT molecular complexity index is 433. The van der Waals surface area contributed by atoms with Crippen LogP contribution in [0.1, 0.15) is 35.7 Å². The maximum Gasteiger partial charge on any atom is 0.251 e. The van der Waals surface area contributed by atoms with Crippen LogP contribution in [0.3, 0.4) is 0 Å². The van der Waals surface area contributed by atoms with Crippen LogP contribution < -0.4 is 10.6 Å². The Morgan fingerprint density at radius 1 is 1.33 bits per heavy atom. The molecule has 0 aromatic heterocycles. The first-order valence-corrected chi connectivity index (χ1v) is 6.29. The van der Waals surface area contributed by atoms with Crippen LogP contribution in [-0.2, 0) is 0 Å². The van der Waals surface area contributed by atoms with Crippen molar-refractivity contribution in [2.24, 2.45) is 0 Å². The summed E-state index contributed by atoms with van der Waals surface area (Å²) in [6.07, 6.45) is 1.79. The van der Waals surface area contributed by atoms with E-state index in [9.17, 15) is 9.18 Å². The first kappa shape index (κ1) is 13.0. The van der Waals surface area contributed by atoms with E-state index < -0.39 is 0 Å². The van der Waals surface area contributed by atoms with Gasteiger partial charge in [0.25, 0.3) is 5.91 Å². The van der Waals surface area contributed by atoms with Gasteiger partial charge in [-0.15, -0.1) is 0 Å². The van der Waals surface area contributed by atoms with Gasteiger partial charge in [0.2, 0.25) is 0 Å². The number of amides is 1. The molecule has 1 aromatic carbocycles. The number of benzene rings is 1. The Hall–Kier alpha value is -1.42. The molecule has 2 N–H and O–H groups in total. The van der Waals surface area contributed by atoms with Crippen molar-refractivity contribution < 1.29 is 9.18 Å². The van der Waals surface area contributed by atoms with Crippen molar-refractivity contribution in [3.63, 3.8) is 0 Å². The Morgan fingerprint density at radius 3 is 2.61 bits per heavy atom. The number of piperidine rings is 1. The van der Waals surface area contributed by atoms with E-state index >= 15 is 0 Å². The number of rotatable bonds is 2. The molecule has 1 saturated heterocycles. The number of aryl methyl sites for hydroxylation is 1. The highest BCUT2D eigenvalue weighted by molar-refractivity contribution is 5.94. The molecule has 0 aliphatic carbocycles. The number of halogens is 1. The SMILES string of the molecule is Cc1cc(F)cc(C(=O)NC2(C)CCNCC2)c1. The van der Waals surface area contributed by atoms with Gasteiger partial charge in [0, 0.05) is 11.1 Å². The largest absolute Gasteiger partial charge is 0.347 e. The smallest absolute Gasteiger partial charge is 0.251 e.